The molecule has 1 atom stereocenters. The van der Waals surface area contributed by atoms with Crippen LogP contribution in [0.5, 0.6) is 0 Å². The lowest BCUT2D eigenvalue weighted by Gasteiger charge is -2.35. The van der Waals surface area contributed by atoms with Gasteiger partial charge in [-0.25, -0.2) is 0 Å². The zero-order chi connectivity index (χ0) is 10.2. The Morgan fingerprint density at radius 2 is 1.93 bits per heavy atom. The minimum absolute atomic E-state index is 0.214. The van der Waals surface area contributed by atoms with Gasteiger partial charge in [0.25, 0.3) is 0 Å². The highest BCUT2D eigenvalue weighted by Gasteiger charge is 2.52. The number of rotatable bonds is 3. The smallest absolute Gasteiger partial charge is 0.0675 e. The predicted molar refractivity (Wildman–Crippen MR) is 56.1 cm³/mol. The first-order valence-corrected chi connectivity index (χ1v) is 5.84. The largest absolute Gasteiger partial charge is 0.390 e. The van der Waals surface area contributed by atoms with Crippen LogP contribution in [0.3, 0.4) is 0 Å². The van der Waals surface area contributed by atoms with E-state index in [1.807, 2.05) is 6.92 Å². The van der Waals surface area contributed by atoms with E-state index in [9.17, 15) is 5.11 Å². The molecule has 1 unspecified atom stereocenters. The van der Waals surface area contributed by atoms with Crippen LogP contribution in [0.2, 0.25) is 0 Å². The van der Waals surface area contributed by atoms with Crippen molar-refractivity contribution in [1.29, 1.82) is 0 Å². The van der Waals surface area contributed by atoms with Gasteiger partial charge in [0.2, 0.25) is 0 Å². The van der Waals surface area contributed by atoms with Gasteiger partial charge in [-0.1, -0.05) is 6.92 Å². The van der Waals surface area contributed by atoms with Crippen molar-refractivity contribution >= 4 is 0 Å². The predicted octanol–water partition coefficient (Wildman–Crippen LogP) is 2.35. The molecule has 2 rings (SSSR count). The van der Waals surface area contributed by atoms with Crippen molar-refractivity contribution in [3.05, 3.63) is 0 Å². The zero-order valence-electron chi connectivity index (χ0n) is 9.38. The summed E-state index contributed by atoms with van der Waals surface area (Å²) in [6, 6.07) is 0. The highest BCUT2D eigenvalue weighted by atomic mass is 16.5. The molecule has 0 aromatic heterocycles. The minimum atomic E-state index is -0.449. The molecule has 2 nitrogen and oxygen atoms in total. The summed E-state index contributed by atoms with van der Waals surface area (Å²) in [4.78, 5) is 0. The second-order valence-corrected chi connectivity index (χ2v) is 5.59. The molecule has 0 spiro atoms. The summed E-state index contributed by atoms with van der Waals surface area (Å²) in [7, 11) is 0. The van der Waals surface area contributed by atoms with Gasteiger partial charge in [0.15, 0.2) is 0 Å². The van der Waals surface area contributed by atoms with Gasteiger partial charge in [0.1, 0.15) is 0 Å². The lowest BCUT2D eigenvalue weighted by Crippen LogP contribution is -2.37. The summed E-state index contributed by atoms with van der Waals surface area (Å²) in [6.45, 7) is 6.01. The number of hydrogen-bond donors (Lipinski definition) is 1. The zero-order valence-corrected chi connectivity index (χ0v) is 9.38. The van der Waals surface area contributed by atoms with Crippen molar-refractivity contribution in [2.24, 2.45) is 11.3 Å². The average Bonchev–Trinajstić information content (AvgIpc) is 2.86. The Balaban J connectivity index is 1.88. The fraction of sp³-hybridized carbons (Fsp3) is 1.00. The fourth-order valence-corrected chi connectivity index (χ4v) is 2.49. The Morgan fingerprint density at radius 1 is 1.36 bits per heavy atom. The van der Waals surface area contributed by atoms with E-state index in [0.717, 1.165) is 32.5 Å². The average molecular weight is 198 g/mol. The topological polar surface area (TPSA) is 29.5 Å². The van der Waals surface area contributed by atoms with Crippen LogP contribution in [0.4, 0.5) is 0 Å². The van der Waals surface area contributed by atoms with E-state index in [1.54, 1.807) is 0 Å². The molecule has 0 aromatic carbocycles. The molecular formula is C12H22O2. The normalized spacial score (nSPS) is 31.1. The van der Waals surface area contributed by atoms with Crippen LogP contribution in [-0.2, 0) is 4.74 Å². The lowest BCUT2D eigenvalue weighted by molar-refractivity contribution is -0.0450. The van der Waals surface area contributed by atoms with Gasteiger partial charge in [0, 0.05) is 13.2 Å². The van der Waals surface area contributed by atoms with Crippen molar-refractivity contribution in [1.82, 2.24) is 0 Å². The molecule has 0 amide bonds. The van der Waals surface area contributed by atoms with E-state index in [1.165, 1.54) is 12.8 Å². The quantitative estimate of drug-likeness (QED) is 0.754. The molecule has 0 radical (unpaired) electrons. The molecule has 1 saturated carbocycles. The van der Waals surface area contributed by atoms with Gasteiger partial charge in [-0.3, -0.25) is 0 Å². The summed E-state index contributed by atoms with van der Waals surface area (Å²) in [5.74, 6) is 0.677. The first kappa shape index (κ1) is 10.4. The number of hydrogen-bond acceptors (Lipinski definition) is 2. The minimum Gasteiger partial charge on any atom is -0.390 e. The summed E-state index contributed by atoms with van der Waals surface area (Å²) in [6.07, 6.45) is 5.62. The molecule has 1 heterocycles. The third-order valence-corrected chi connectivity index (χ3v) is 4.33. The van der Waals surface area contributed by atoms with E-state index >= 15 is 0 Å². The van der Waals surface area contributed by atoms with Gasteiger partial charge in [-0.15, -0.1) is 0 Å². The maximum Gasteiger partial charge on any atom is 0.0675 e. The van der Waals surface area contributed by atoms with Crippen molar-refractivity contribution < 1.29 is 9.84 Å². The Hall–Kier alpha value is -0.0800. The Labute approximate surface area is 86.6 Å². The fourth-order valence-electron chi connectivity index (χ4n) is 2.49. The van der Waals surface area contributed by atoms with Crippen LogP contribution in [-0.4, -0.2) is 23.9 Å². The highest BCUT2D eigenvalue weighted by Crippen LogP contribution is 2.55. The van der Waals surface area contributed by atoms with E-state index in [-0.39, 0.29) is 5.41 Å². The van der Waals surface area contributed by atoms with Crippen molar-refractivity contribution in [2.75, 3.05) is 13.2 Å². The molecule has 82 valence electrons. The van der Waals surface area contributed by atoms with Crippen LogP contribution < -0.4 is 0 Å². The molecule has 1 aliphatic heterocycles. The van der Waals surface area contributed by atoms with Gasteiger partial charge < -0.3 is 9.84 Å². The van der Waals surface area contributed by atoms with Crippen molar-refractivity contribution in [2.45, 2.75) is 51.6 Å². The SMILES string of the molecule is CC(O)(CC1CCOCC1)C1(C)CC1. The van der Waals surface area contributed by atoms with Gasteiger partial charge in [-0.05, 0) is 50.4 Å². The Bertz CT molecular complexity index is 200. The van der Waals surface area contributed by atoms with Crippen LogP contribution in [0, 0.1) is 11.3 Å². The Kier molecular flexibility index (Phi) is 2.61. The van der Waals surface area contributed by atoms with Gasteiger partial charge in [-0.2, -0.15) is 0 Å². The molecule has 1 saturated heterocycles. The summed E-state index contributed by atoms with van der Waals surface area (Å²) in [5, 5.41) is 10.4. The standard InChI is InChI=1S/C12H22O2/c1-11(5-6-11)12(2,13)9-10-3-7-14-8-4-10/h10,13H,3-9H2,1-2H3. The van der Waals surface area contributed by atoms with E-state index in [2.05, 4.69) is 6.92 Å². The maximum atomic E-state index is 10.4. The highest BCUT2D eigenvalue weighted by molar-refractivity contribution is 5.03. The monoisotopic (exact) mass is 198 g/mol. The van der Waals surface area contributed by atoms with Gasteiger partial charge >= 0.3 is 0 Å². The summed E-state index contributed by atoms with van der Waals surface area (Å²) in [5.41, 5.74) is -0.236. The first-order chi connectivity index (χ1) is 6.54. The molecule has 14 heavy (non-hydrogen) atoms. The van der Waals surface area contributed by atoms with E-state index in [4.69, 9.17) is 4.74 Å². The van der Waals surface area contributed by atoms with Gasteiger partial charge in [0.05, 0.1) is 5.60 Å². The molecule has 2 heteroatoms. The second kappa shape index (κ2) is 3.49. The lowest BCUT2D eigenvalue weighted by atomic mass is 9.78. The summed E-state index contributed by atoms with van der Waals surface area (Å²) < 4.78 is 5.33. The van der Waals surface area contributed by atoms with E-state index in [0.29, 0.717) is 5.92 Å². The second-order valence-electron chi connectivity index (χ2n) is 5.59. The van der Waals surface area contributed by atoms with Crippen LogP contribution >= 0.6 is 0 Å². The van der Waals surface area contributed by atoms with Crippen LogP contribution in [0.15, 0.2) is 0 Å². The van der Waals surface area contributed by atoms with Crippen LogP contribution in [0.25, 0.3) is 0 Å². The van der Waals surface area contributed by atoms with Crippen LogP contribution in [0.1, 0.15) is 46.0 Å². The Morgan fingerprint density at radius 3 is 2.43 bits per heavy atom. The first-order valence-electron chi connectivity index (χ1n) is 5.84. The molecule has 1 aliphatic carbocycles. The van der Waals surface area contributed by atoms with Crippen molar-refractivity contribution in [3.8, 4) is 0 Å². The molecular weight excluding hydrogens is 176 g/mol. The molecule has 2 fully saturated rings. The van der Waals surface area contributed by atoms with Crippen molar-refractivity contribution in [3.63, 3.8) is 0 Å². The molecule has 0 bridgehead atoms. The molecule has 1 N–H and O–H groups in total. The number of ether oxygens (including phenoxy) is 1. The molecule has 2 aliphatic rings. The maximum absolute atomic E-state index is 10.4. The third-order valence-electron chi connectivity index (χ3n) is 4.33. The third kappa shape index (κ3) is 1.96. The van der Waals surface area contributed by atoms with E-state index < -0.39 is 5.60 Å². The summed E-state index contributed by atoms with van der Waals surface area (Å²) >= 11 is 0. The molecule has 0 aromatic rings. The number of aliphatic hydroxyl groups is 1.